The number of rotatable bonds is 4. The number of thiazole rings is 1. The average Bonchev–Trinajstić information content (AvgIpc) is 3.02. The summed E-state index contributed by atoms with van der Waals surface area (Å²) in [5.74, 6) is -0.318. The van der Waals surface area contributed by atoms with Crippen molar-refractivity contribution in [1.29, 1.82) is 0 Å². The molecule has 1 aromatic heterocycles. The highest BCUT2D eigenvalue weighted by Gasteiger charge is 2.20. The van der Waals surface area contributed by atoms with Gasteiger partial charge in [0.15, 0.2) is 0 Å². The second kappa shape index (κ2) is 6.54. The molecule has 0 amide bonds. The van der Waals surface area contributed by atoms with Gasteiger partial charge in [-0.15, -0.1) is 11.3 Å². The van der Waals surface area contributed by atoms with E-state index in [4.69, 9.17) is 4.74 Å². The van der Waals surface area contributed by atoms with Gasteiger partial charge in [-0.3, -0.25) is 0 Å². The summed E-state index contributed by atoms with van der Waals surface area (Å²) in [4.78, 5) is 17.5. The van der Waals surface area contributed by atoms with E-state index in [1.54, 1.807) is 6.92 Å². The summed E-state index contributed by atoms with van der Waals surface area (Å²) in [6, 6.07) is 19.6. The van der Waals surface area contributed by atoms with Crippen LogP contribution in [0.1, 0.15) is 16.6 Å². The van der Waals surface area contributed by atoms with E-state index in [9.17, 15) is 4.79 Å². The molecule has 1 heterocycles. The number of esters is 1. The molecule has 4 heteroatoms. The van der Waals surface area contributed by atoms with Crippen LogP contribution in [0.15, 0.2) is 60.7 Å². The van der Waals surface area contributed by atoms with Crippen molar-refractivity contribution in [2.45, 2.75) is 6.92 Å². The first kappa shape index (κ1) is 14.5. The number of nitrogens with zero attached hydrogens (tertiary/aromatic N) is 1. The van der Waals surface area contributed by atoms with Gasteiger partial charge in [-0.1, -0.05) is 60.7 Å². The van der Waals surface area contributed by atoms with Crippen LogP contribution in [0, 0.1) is 0 Å². The molecule has 3 aromatic rings. The Balaban J connectivity index is 2.11. The number of benzene rings is 2. The van der Waals surface area contributed by atoms with E-state index in [0.717, 1.165) is 16.1 Å². The van der Waals surface area contributed by atoms with Gasteiger partial charge in [0.25, 0.3) is 0 Å². The zero-order chi connectivity index (χ0) is 15.4. The summed E-state index contributed by atoms with van der Waals surface area (Å²) in [6.45, 7) is 2.16. The van der Waals surface area contributed by atoms with E-state index >= 15 is 0 Å². The van der Waals surface area contributed by atoms with Crippen molar-refractivity contribution >= 4 is 17.3 Å². The smallest absolute Gasteiger partial charge is 0.350 e. The molecule has 0 atom stereocenters. The fraction of sp³-hybridized carbons (Fsp3) is 0.111. The van der Waals surface area contributed by atoms with Crippen molar-refractivity contribution in [2.24, 2.45) is 0 Å². The Labute approximate surface area is 133 Å². The van der Waals surface area contributed by atoms with Crippen molar-refractivity contribution in [3.8, 4) is 21.8 Å². The fourth-order valence-corrected chi connectivity index (χ4v) is 3.14. The van der Waals surface area contributed by atoms with E-state index in [0.29, 0.717) is 17.2 Å². The monoisotopic (exact) mass is 309 g/mol. The van der Waals surface area contributed by atoms with Crippen LogP contribution in [0.5, 0.6) is 0 Å². The van der Waals surface area contributed by atoms with E-state index in [1.165, 1.54) is 11.3 Å². The molecular weight excluding hydrogens is 294 g/mol. The molecule has 0 aliphatic heterocycles. The lowest BCUT2D eigenvalue weighted by Gasteiger charge is -2.01. The maximum Gasteiger partial charge on any atom is 0.350 e. The van der Waals surface area contributed by atoms with Crippen LogP contribution in [-0.4, -0.2) is 17.6 Å². The number of ether oxygens (including phenoxy) is 1. The highest BCUT2D eigenvalue weighted by atomic mass is 32.1. The van der Waals surface area contributed by atoms with Crippen molar-refractivity contribution < 1.29 is 9.53 Å². The van der Waals surface area contributed by atoms with Crippen molar-refractivity contribution in [2.75, 3.05) is 6.61 Å². The summed E-state index contributed by atoms with van der Waals surface area (Å²) in [6.07, 6.45) is 0. The van der Waals surface area contributed by atoms with Crippen LogP contribution in [0.2, 0.25) is 0 Å². The minimum absolute atomic E-state index is 0.318. The van der Waals surface area contributed by atoms with Crippen LogP contribution in [-0.2, 0) is 4.74 Å². The SMILES string of the molecule is CCOC(=O)c1sc(-c2ccccc2)nc1-c1ccccc1. The molecule has 0 saturated carbocycles. The summed E-state index contributed by atoms with van der Waals surface area (Å²) >= 11 is 1.37. The Morgan fingerprint density at radius 3 is 2.18 bits per heavy atom. The van der Waals surface area contributed by atoms with Crippen molar-refractivity contribution in [3.05, 3.63) is 65.5 Å². The van der Waals surface area contributed by atoms with Crippen LogP contribution in [0.25, 0.3) is 21.8 Å². The lowest BCUT2D eigenvalue weighted by atomic mass is 10.1. The van der Waals surface area contributed by atoms with Gasteiger partial charge in [0.2, 0.25) is 0 Å². The molecule has 0 aliphatic carbocycles. The molecule has 0 radical (unpaired) electrons. The molecule has 0 aliphatic rings. The van der Waals surface area contributed by atoms with Gasteiger partial charge in [0.1, 0.15) is 9.88 Å². The first-order valence-electron chi connectivity index (χ1n) is 7.08. The minimum Gasteiger partial charge on any atom is -0.462 e. The largest absolute Gasteiger partial charge is 0.462 e. The zero-order valence-corrected chi connectivity index (χ0v) is 13.0. The summed E-state index contributed by atoms with van der Waals surface area (Å²) in [5.41, 5.74) is 2.60. The number of hydrogen-bond acceptors (Lipinski definition) is 4. The minimum atomic E-state index is -0.318. The fourth-order valence-electron chi connectivity index (χ4n) is 2.15. The van der Waals surface area contributed by atoms with Gasteiger partial charge in [-0.05, 0) is 6.92 Å². The first-order valence-corrected chi connectivity index (χ1v) is 7.90. The quantitative estimate of drug-likeness (QED) is 0.658. The van der Waals surface area contributed by atoms with Gasteiger partial charge >= 0.3 is 5.97 Å². The molecule has 0 N–H and O–H groups in total. The highest BCUT2D eigenvalue weighted by molar-refractivity contribution is 7.17. The second-order valence-electron chi connectivity index (χ2n) is 4.65. The maximum atomic E-state index is 12.2. The van der Waals surface area contributed by atoms with Crippen LogP contribution in [0.4, 0.5) is 0 Å². The topological polar surface area (TPSA) is 39.2 Å². The Morgan fingerprint density at radius 1 is 1.00 bits per heavy atom. The van der Waals surface area contributed by atoms with Crippen LogP contribution < -0.4 is 0 Å². The Morgan fingerprint density at radius 2 is 1.59 bits per heavy atom. The Kier molecular flexibility index (Phi) is 4.30. The summed E-state index contributed by atoms with van der Waals surface area (Å²) in [7, 11) is 0. The Bertz CT molecular complexity index is 766. The van der Waals surface area contributed by atoms with Crippen molar-refractivity contribution in [3.63, 3.8) is 0 Å². The molecule has 2 aromatic carbocycles. The van der Waals surface area contributed by atoms with E-state index in [-0.39, 0.29) is 5.97 Å². The number of aromatic nitrogens is 1. The number of carbonyl (C=O) groups excluding carboxylic acids is 1. The normalized spacial score (nSPS) is 10.4. The van der Waals surface area contributed by atoms with Crippen molar-refractivity contribution in [1.82, 2.24) is 4.98 Å². The van der Waals surface area contributed by atoms with Gasteiger partial charge in [0.05, 0.1) is 12.3 Å². The summed E-state index contributed by atoms with van der Waals surface area (Å²) in [5, 5.41) is 0.822. The first-order chi connectivity index (χ1) is 10.8. The predicted molar refractivity (Wildman–Crippen MR) is 88.9 cm³/mol. The lowest BCUT2D eigenvalue weighted by molar-refractivity contribution is 0.0532. The Hall–Kier alpha value is -2.46. The molecule has 0 fully saturated rings. The van der Waals surface area contributed by atoms with Gasteiger partial charge < -0.3 is 4.74 Å². The molecule has 0 spiro atoms. The zero-order valence-electron chi connectivity index (χ0n) is 12.2. The molecule has 22 heavy (non-hydrogen) atoms. The predicted octanol–water partition coefficient (Wildman–Crippen LogP) is 4.65. The molecule has 110 valence electrons. The third-order valence-electron chi connectivity index (χ3n) is 3.16. The van der Waals surface area contributed by atoms with E-state index < -0.39 is 0 Å². The molecule has 3 nitrogen and oxygen atoms in total. The molecular formula is C18H15NO2S. The van der Waals surface area contributed by atoms with Crippen LogP contribution >= 0.6 is 11.3 Å². The standard InChI is InChI=1S/C18H15NO2S/c1-2-21-18(20)16-15(13-9-5-3-6-10-13)19-17(22-16)14-11-7-4-8-12-14/h3-12H,2H2,1H3. The van der Waals surface area contributed by atoms with E-state index in [1.807, 2.05) is 60.7 Å². The third-order valence-corrected chi connectivity index (χ3v) is 4.24. The number of hydrogen-bond donors (Lipinski definition) is 0. The van der Waals surface area contributed by atoms with Gasteiger partial charge in [-0.2, -0.15) is 0 Å². The molecule has 3 rings (SSSR count). The molecule has 0 saturated heterocycles. The second-order valence-corrected chi connectivity index (χ2v) is 5.65. The molecule has 0 unspecified atom stereocenters. The van der Waals surface area contributed by atoms with Crippen LogP contribution in [0.3, 0.4) is 0 Å². The number of carbonyl (C=O) groups is 1. The molecule has 0 bridgehead atoms. The third kappa shape index (κ3) is 2.92. The summed E-state index contributed by atoms with van der Waals surface area (Å²) < 4.78 is 5.17. The maximum absolute atomic E-state index is 12.2. The lowest BCUT2D eigenvalue weighted by Crippen LogP contribution is -2.03. The highest BCUT2D eigenvalue weighted by Crippen LogP contribution is 2.34. The van der Waals surface area contributed by atoms with Gasteiger partial charge in [0, 0.05) is 11.1 Å². The average molecular weight is 309 g/mol. The van der Waals surface area contributed by atoms with Gasteiger partial charge in [-0.25, -0.2) is 9.78 Å². The van der Waals surface area contributed by atoms with E-state index in [2.05, 4.69) is 4.98 Å².